The number of hydrogen-bond donors (Lipinski definition) is 0. The van der Waals surface area contributed by atoms with Gasteiger partial charge in [-0.05, 0) is 58.2 Å². The summed E-state index contributed by atoms with van der Waals surface area (Å²) in [6, 6.07) is 1.98. The summed E-state index contributed by atoms with van der Waals surface area (Å²) in [7, 11) is 4.02. The molecule has 7 heteroatoms. The molecule has 0 saturated carbocycles. The number of carbonyl (C=O) groups excluding carboxylic acids is 2. The van der Waals surface area contributed by atoms with Crippen molar-refractivity contribution in [3.05, 3.63) is 18.0 Å². The quantitative estimate of drug-likeness (QED) is 0.781. The van der Waals surface area contributed by atoms with E-state index in [0.717, 1.165) is 70.5 Å². The number of likely N-dealkylation sites (tertiary alicyclic amines) is 3. The predicted molar refractivity (Wildman–Crippen MR) is 107 cm³/mol. The first-order valence-electron chi connectivity index (χ1n) is 10.8. The van der Waals surface area contributed by atoms with Gasteiger partial charge >= 0.3 is 0 Å². The van der Waals surface area contributed by atoms with Crippen LogP contribution < -0.4 is 0 Å². The first-order valence-corrected chi connectivity index (χ1v) is 10.8. The fourth-order valence-electron chi connectivity index (χ4n) is 5.44. The maximum Gasteiger partial charge on any atom is 0.230 e. The molecule has 3 aliphatic heterocycles. The van der Waals surface area contributed by atoms with Crippen molar-refractivity contribution >= 4 is 11.8 Å². The van der Waals surface area contributed by atoms with E-state index in [4.69, 9.17) is 0 Å². The molecule has 0 bridgehead atoms. The van der Waals surface area contributed by atoms with Crippen molar-refractivity contribution < 1.29 is 9.59 Å². The average Bonchev–Trinajstić information content (AvgIpc) is 3.37. The van der Waals surface area contributed by atoms with Gasteiger partial charge in [-0.15, -0.1) is 0 Å². The fourth-order valence-corrected chi connectivity index (χ4v) is 5.44. The summed E-state index contributed by atoms with van der Waals surface area (Å²) >= 11 is 0. The van der Waals surface area contributed by atoms with Gasteiger partial charge in [0.2, 0.25) is 11.8 Å². The van der Waals surface area contributed by atoms with Crippen molar-refractivity contribution in [2.24, 2.45) is 12.5 Å². The highest BCUT2D eigenvalue weighted by atomic mass is 16.2. The van der Waals surface area contributed by atoms with Gasteiger partial charge in [0.15, 0.2) is 0 Å². The zero-order chi connectivity index (χ0) is 19.7. The van der Waals surface area contributed by atoms with Gasteiger partial charge in [-0.1, -0.05) is 0 Å². The molecule has 2 atom stereocenters. The molecule has 2 amide bonds. The molecule has 3 saturated heterocycles. The molecule has 1 aromatic heterocycles. The highest BCUT2D eigenvalue weighted by Crippen LogP contribution is 2.44. The van der Waals surface area contributed by atoms with E-state index < -0.39 is 0 Å². The van der Waals surface area contributed by atoms with Crippen LogP contribution in [-0.4, -0.2) is 82.1 Å². The Labute approximate surface area is 167 Å². The SMILES string of the molecule is CN1CC[C@]2(C(=O)N3CCCC3)CCCN(C(=O)CCc3ccnn3C)[C@@H]2C1. The molecule has 4 rings (SSSR count). The van der Waals surface area contributed by atoms with Gasteiger partial charge in [0.1, 0.15) is 0 Å². The molecule has 28 heavy (non-hydrogen) atoms. The lowest BCUT2D eigenvalue weighted by molar-refractivity contribution is -0.160. The number of rotatable bonds is 4. The predicted octanol–water partition coefficient (Wildman–Crippen LogP) is 1.29. The Hall–Kier alpha value is -1.89. The molecule has 0 spiro atoms. The number of hydrogen-bond acceptors (Lipinski definition) is 4. The first-order chi connectivity index (χ1) is 13.5. The van der Waals surface area contributed by atoms with E-state index in [1.54, 1.807) is 6.20 Å². The fraction of sp³-hybridized carbons (Fsp3) is 0.762. The minimum absolute atomic E-state index is 0.00661. The number of aromatic nitrogens is 2. The second kappa shape index (κ2) is 7.85. The Morgan fingerprint density at radius 1 is 1.11 bits per heavy atom. The van der Waals surface area contributed by atoms with E-state index in [2.05, 4.69) is 21.9 Å². The first kappa shape index (κ1) is 19.4. The van der Waals surface area contributed by atoms with Crippen molar-refractivity contribution in [3.8, 4) is 0 Å². The van der Waals surface area contributed by atoms with E-state index >= 15 is 0 Å². The van der Waals surface area contributed by atoms with Crippen LogP contribution in [0.1, 0.15) is 44.2 Å². The van der Waals surface area contributed by atoms with Crippen LogP contribution in [0.3, 0.4) is 0 Å². The highest BCUT2D eigenvalue weighted by Gasteiger charge is 2.54. The maximum atomic E-state index is 13.6. The smallest absolute Gasteiger partial charge is 0.230 e. The second-order valence-electron chi connectivity index (χ2n) is 8.82. The third-order valence-corrected chi connectivity index (χ3v) is 7.12. The minimum atomic E-state index is -0.378. The maximum absolute atomic E-state index is 13.6. The van der Waals surface area contributed by atoms with Gasteiger partial charge in [0.05, 0.1) is 11.5 Å². The molecule has 1 aromatic rings. The topological polar surface area (TPSA) is 61.7 Å². The Kier molecular flexibility index (Phi) is 5.45. The van der Waals surface area contributed by atoms with Gasteiger partial charge in [-0.3, -0.25) is 14.3 Å². The van der Waals surface area contributed by atoms with Crippen LogP contribution in [0.15, 0.2) is 12.3 Å². The molecule has 0 unspecified atom stereocenters. The van der Waals surface area contributed by atoms with Crippen LogP contribution in [-0.2, 0) is 23.1 Å². The number of fused-ring (bicyclic) bond motifs is 1. The lowest BCUT2D eigenvalue weighted by Gasteiger charge is -2.54. The van der Waals surface area contributed by atoms with Crippen LogP contribution >= 0.6 is 0 Å². The molecule has 0 aliphatic carbocycles. The molecular formula is C21H33N5O2. The highest BCUT2D eigenvalue weighted by molar-refractivity contribution is 5.86. The molecule has 154 valence electrons. The summed E-state index contributed by atoms with van der Waals surface area (Å²) in [5, 5.41) is 4.20. The zero-order valence-electron chi connectivity index (χ0n) is 17.3. The Morgan fingerprint density at radius 3 is 2.61 bits per heavy atom. The van der Waals surface area contributed by atoms with Crippen LogP contribution in [0, 0.1) is 5.41 Å². The number of amides is 2. The summed E-state index contributed by atoms with van der Waals surface area (Å²) in [5.74, 6) is 0.493. The summed E-state index contributed by atoms with van der Waals surface area (Å²) in [6.45, 7) is 4.29. The van der Waals surface area contributed by atoms with E-state index in [0.29, 0.717) is 18.7 Å². The molecular weight excluding hydrogens is 354 g/mol. The van der Waals surface area contributed by atoms with Crippen molar-refractivity contribution in [2.75, 3.05) is 39.8 Å². The summed E-state index contributed by atoms with van der Waals surface area (Å²) in [4.78, 5) is 33.2. The lowest BCUT2D eigenvalue weighted by atomic mass is 9.67. The lowest BCUT2D eigenvalue weighted by Crippen LogP contribution is -2.66. The van der Waals surface area contributed by atoms with E-state index in [1.165, 1.54) is 0 Å². The van der Waals surface area contributed by atoms with Gasteiger partial charge < -0.3 is 14.7 Å². The third-order valence-electron chi connectivity index (χ3n) is 7.12. The number of aryl methyl sites for hydroxylation is 2. The monoisotopic (exact) mass is 387 g/mol. The van der Waals surface area contributed by atoms with Crippen LogP contribution in [0.25, 0.3) is 0 Å². The third kappa shape index (κ3) is 3.45. The van der Waals surface area contributed by atoms with Crippen molar-refractivity contribution in [2.45, 2.75) is 51.0 Å². The van der Waals surface area contributed by atoms with Gasteiger partial charge in [-0.25, -0.2) is 0 Å². The average molecular weight is 388 g/mol. The van der Waals surface area contributed by atoms with Gasteiger partial charge in [-0.2, -0.15) is 5.10 Å². The molecule has 3 fully saturated rings. The number of piperidine rings is 2. The van der Waals surface area contributed by atoms with Crippen molar-refractivity contribution in [1.82, 2.24) is 24.5 Å². The van der Waals surface area contributed by atoms with Crippen LogP contribution in [0.2, 0.25) is 0 Å². The minimum Gasteiger partial charge on any atom is -0.342 e. The van der Waals surface area contributed by atoms with Gasteiger partial charge in [0.25, 0.3) is 0 Å². The largest absolute Gasteiger partial charge is 0.342 e. The number of likely N-dealkylation sites (N-methyl/N-ethyl adjacent to an activating group) is 1. The second-order valence-corrected chi connectivity index (χ2v) is 8.82. The molecule has 0 radical (unpaired) electrons. The summed E-state index contributed by atoms with van der Waals surface area (Å²) in [5.41, 5.74) is 0.697. The summed E-state index contributed by atoms with van der Waals surface area (Å²) < 4.78 is 1.83. The molecule has 4 heterocycles. The van der Waals surface area contributed by atoms with Gasteiger partial charge in [0, 0.05) is 51.5 Å². The molecule has 7 nitrogen and oxygen atoms in total. The van der Waals surface area contributed by atoms with Crippen LogP contribution in [0.5, 0.6) is 0 Å². The Balaban J connectivity index is 1.53. The van der Waals surface area contributed by atoms with Crippen LogP contribution in [0.4, 0.5) is 0 Å². The number of carbonyl (C=O) groups is 2. The molecule has 3 aliphatic rings. The molecule has 0 aromatic carbocycles. The van der Waals surface area contributed by atoms with E-state index in [1.807, 2.05) is 22.7 Å². The summed E-state index contributed by atoms with van der Waals surface area (Å²) in [6.07, 6.45) is 7.89. The zero-order valence-corrected chi connectivity index (χ0v) is 17.3. The van der Waals surface area contributed by atoms with E-state index in [9.17, 15) is 9.59 Å². The standard InChI is InChI=1S/C21H33N5O2/c1-23-15-10-21(20(28)25-12-3-4-13-25)9-5-14-26(18(21)16-23)19(27)7-6-17-8-11-22-24(17)2/h8,11,18H,3-7,9-10,12-16H2,1-2H3/t18-,21-/m1/s1. The van der Waals surface area contributed by atoms with Crippen molar-refractivity contribution in [1.29, 1.82) is 0 Å². The Bertz CT molecular complexity index is 726. The number of nitrogens with zero attached hydrogens (tertiary/aromatic N) is 5. The Morgan fingerprint density at radius 2 is 1.89 bits per heavy atom. The normalized spacial score (nSPS) is 28.4. The molecule has 0 N–H and O–H groups in total. The van der Waals surface area contributed by atoms with E-state index in [-0.39, 0.29) is 17.4 Å². The van der Waals surface area contributed by atoms with Crippen molar-refractivity contribution in [3.63, 3.8) is 0 Å².